The molecule has 2 atom stereocenters. The Morgan fingerprint density at radius 3 is 2.43 bits per heavy atom. The first-order valence-corrected chi connectivity index (χ1v) is 8.97. The number of hydrogen-bond acceptors (Lipinski definition) is 7. The van der Waals surface area contributed by atoms with E-state index in [9.17, 15) is 13.2 Å². The van der Waals surface area contributed by atoms with Crippen LogP contribution in [0, 0.1) is 0 Å². The zero-order valence-corrected chi connectivity index (χ0v) is 14.2. The van der Waals surface area contributed by atoms with Crippen LogP contribution in [0.4, 0.5) is 0 Å². The second-order valence-corrected chi connectivity index (χ2v) is 7.08. The van der Waals surface area contributed by atoms with Crippen molar-refractivity contribution in [2.75, 3.05) is 27.0 Å². The third-order valence-corrected chi connectivity index (χ3v) is 4.32. The summed E-state index contributed by atoms with van der Waals surface area (Å²) in [5.74, 6) is 0.357. The minimum Gasteiger partial charge on any atom is -0.497 e. The Bertz CT molecular complexity index is 642. The molecule has 0 aliphatic carbocycles. The van der Waals surface area contributed by atoms with Crippen LogP contribution < -0.4 is 4.74 Å². The molecule has 7 nitrogen and oxygen atoms in total. The Morgan fingerprint density at radius 1 is 1.26 bits per heavy atom. The molecule has 1 fully saturated rings. The molecule has 0 amide bonds. The van der Waals surface area contributed by atoms with E-state index in [4.69, 9.17) is 13.7 Å². The van der Waals surface area contributed by atoms with E-state index in [-0.39, 0.29) is 6.42 Å². The number of carbonyl (C=O) groups excluding carboxylic acids is 1. The van der Waals surface area contributed by atoms with Gasteiger partial charge in [0.1, 0.15) is 11.8 Å². The first-order valence-electron chi connectivity index (χ1n) is 7.15. The van der Waals surface area contributed by atoms with Gasteiger partial charge in [0.05, 0.1) is 26.6 Å². The Hall–Kier alpha value is -1.64. The number of rotatable bonds is 6. The predicted octanol–water partition coefficient (Wildman–Crippen LogP) is 0.787. The van der Waals surface area contributed by atoms with E-state index in [2.05, 4.69) is 0 Å². The number of carbonyl (C=O) groups is 1. The SMILES string of the molecule is COC(=O)[C@H]1C[C@@H](OS(C)(=O)=O)CN1Cc1ccc(OC)cc1. The van der Waals surface area contributed by atoms with Crippen LogP contribution in [0.15, 0.2) is 24.3 Å². The van der Waals surface area contributed by atoms with Gasteiger partial charge in [0, 0.05) is 19.5 Å². The maximum Gasteiger partial charge on any atom is 0.323 e. The largest absolute Gasteiger partial charge is 0.497 e. The molecule has 1 aliphatic rings. The van der Waals surface area contributed by atoms with Crippen molar-refractivity contribution < 1.29 is 26.9 Å². The molecule has 0 spiro atoms. The topological polar surface area (TPSA) is 82.1 Å². The number of nitrogens with zero attached hydrogens (tertiary/aromatic N) is 1. The molecule has 0 unspecified atom stereocenters. The van der Waals surface area contributed by atoms with E-state index in [1.54, 1.807) is 7.11 Å². The van der Waals surface area contributed by atoms with Gasteiger partial charge in [-0.05, 0) is 17.7 Å². The van der Waals surface area contributed by atoms with E-state index < -0.39 is 28.2 Å². The van der Waals surface area contributed by atoms with Gasteiger partial charge in [-0.15, -0.1) is 0 Å². The number of esters is 1. The number of methoxy groups -OCH3 is 2. The third kappa shape index (κ3) is 4.92. The molecule has 1 aromatic carbocycles. The Kier molecular flexibility index (Phi) is 5.61. The van der Waals surface area contributed by atoms with Gasteiger partial charge < -0.3 is 9.47 Å². The van der Waals surface area contributed by atoms with Gasteiger partial charge in [-0.3, -0.25) is 13.9 Å². The van der Waals surface area contributed by atoms with Crippen molar-refractivity contribution in [2.24, 2.45) is 0 Å². The lowest BCUT2D eigenvalue weighted by atomic mass is 10.1. The molecule has 128 valence electrons. The molecule has 1 heterocycles. The molecule has 1 saturated heterocycles. The average Bonchev–Trinajstić information content (AvgIpc) is 2.87. The van der Waals surface area contributed by atoms with Crippen molar-refractivity contribution in [2.45, 2.75) is 25.1 Å². The first kappa shape index (κ1) is 17.7. The van der Waals surface area contributed by atoms with Gasteiger partial charge >= 0.3 is 5.97 Å². The van der Waals surface area contributed by atoms with Crippen LogP contribution >= 0.6 is 0 Å². The lowest BCUT2D eigenvalue weighted by Crippen LogP contribution is -2.36. The monoisotopic (exact) mass is 343 g/mol. The van der Waals surface area contributed by atoms with Crippen LogP contribution in [-0.2, 0) is 30.4 Å². The maximum atomic E-state index is 11.9. The molecular weight excluding hydrogens is 322 g/mol. The number of hydrogen-bond donors (Lipinski definition) is 0. The van der Waals surface area contributed by atoms with Crippen LogP contribution in [-0.4, -0.2) is 58.5 Å². The summed E-state index contributed by atoms with van der Waals surface area (Å²) in [6.45, 7) is 0.840. The minimum absolute atomic E-state index is 0.288. The Balaban J connectivity index is 2.10. The summed E-state index contributed by atoms with van der Waals surface area (Å²) in [6, 6.07) is 6.95. The van der Waals surface area contributed by atoms with Crippen LogP contribution in [0.5, 0.6) is 5.75 Å². The summed E-state index contributed by atoms with van der Waals surface area (Å²) in [4.78, 5) is 13.8. The average molecular weight is 343 g/mol. The van der Waals surface area contributed by atoms with Crippen molar-refractivity contribution >= 4 is 16.1 Å². The molecule has 23 heavy (non-hydrogen) atoms. The number of ether oxygens (including phenoxy) is 2. The van der Waals surface area contributed by atoms with Crippen LogP contribution in [0.2, 0.25) is 0 Å². The summed E-state index contributed by atoms with van der Waals surface area (Å²) in [5.41, 5.74) is 0.986. The second-order valence-electron chi connectivity index (χ2n) is 5.47. The lowest BCUT2D eigenvalue weighted by Gasteiger charge is -2.22. The van der Waals surface area contributed by atoms with Crippen molar-refractivity contribution in [1.82, 2.24) is 4.90 Å². The van der Waals surface area contributed by atoms with Gasteiger partial charge in [-0.25, -0.2) is 0 Å². The van der Waals surface area contributed by atoms with Crippen molar-refractivity contribution in [3.8, 4) is 5.75 Å². The summed E-state index contributed by atoms with van der Waals surface area (Å²) in [6.07, 6.45) is 0.745. The molecule has 1 aromatic rings. The van der Waals surface area contributed by atoms with Crippen LogP contribution in [0.3, 0.4) is 0 Å². The smallest absolute Gasteiger partial charge is 0.323 e. The highest BCUT2D eigenvalue weighted by Gasteiger charge is 2.39. The van der Waals surface area contributed by atoms with Crippen molar-refractivity contribution in [3.05, 3.63) is 29.8 Å². The molecule has 0 saturated carbocycles. The highest BCUT2D eigenvalue weighted by atomic mass is 32.2. The van der Waals surface area contributed by atoms with Crippen molar-refractivity contribution in [3.63, 3.8) is 0 Å². The van der Waals surface area contributed by atoms with Gasteiger partial charge in [0.15, 0.2) is 0 Å². The fourth-order valence-corrected chi connectivity index (χ4v) is 3.33. The molecule has 0 aromatic heterocycles. The van der Waals surface area contributed by atoms with E-state index in [0.717, 1.165) is 17.6 Å². The Morgan fingerprint density at radius 2 is 1.91 bits per heavy atom. The fraction of sp³-hybridized carbons (Fsp3) is 0.533. The number of likely N-dealkylation sites (tertiary alicyclic amines) is 1. The summed E-state index contributed by atoms with van der Waals surface area (Å²) in [7, 11) is -0.653. The van der Waals surface area contributed by atoms with E-state index in [1.807, 2.05) is 29.2 Å². The summed E-state index contributed by atoms with van der Waals surface area (Å²) >= 11 is 0. The normalized spacial score (nSPS) is 22.0. The number of benzene rings is 1. The van der Waals surface area contributed by atoms with Crippen LogP contribution in [0.1, 0.15) is 12.0 Å². The molecular formula is C15H21NO6S. The molecule has 2 rings (SSSR count). The van der Waals surface area contributed by atoms with Gasteiger partial charge in [-0.1, -0.05) is 12.1 Å². The molecule has 0 bridgehead atoms. The molecule has 1 aliphatic heterocycles. The van der Waals surface area contributed by atoms with Gasteiger partial charge in [0.25, 0.3) is 10.1 Å². The van der Waals surface area contributed by atoms with E-state index >= 15 is 0 Å². The lowest BCUT2D eigenvalue weighted by molar-refractivity contribution is -0.146. The standard InChI is InChI=1S/C15H21NO6S/c1-20-12-6-4-11(5-7-12)9-16-10-13(22-23(3,18)19)8-14(16)15(17)21-2/h4-7,13-14H,8-10H2,1-3H3/t13-,14-/m1/s1. The predicted molar refractivity (Wildman–Crippen MR) is 83.5 cm³/mol. The highest BCUT2D eigenvalue weighted by Crippen LogP contribution is 2.25. The quantitative estimate of drug-likeness (QED) is 0.558. The van der Waals surface area contributed by atoms with Gasteiger partial charge in [0.2, 0.25) is 0 Å². The molecule has 0 N–H and O–H groups in total. The van der Waals surface area contributed by atoms with Gasteiger partial charge in [-0.2, -0.15) is 8.42 Å². The Labute approximate surface area is 136 Å². The summed E-state index contributed by atoms with van der Waals surface area (Å²) < 4.78 is 37.6. The molecule has 0 radical (unpaired) electrons. The first-order chi connectivity index (χ1) is 10.8. The summed E-state index contributed by atoms with van der Waals surface area (Å²) in [5, 5.41) is 0. The fourth-order valence-electron chi connectivity index (χ4n) is 2.70. The minimum atomic E-state index is -3.56. The molecule has 8 heteroatoms. The zero-order chi connectivity index (χ0) is 17.0. The third-order valence-electron chi connectivity index (χ3n) is 3.69. The maximum absolute atomic E-state index is 11.9. The zero-order valence-electron chi connectivity index (χ0n) is 13.4. The van der Waals surface area contributed by atoms with Crippen LogP contribution in [0.25, 0.3) is 0 Å². The van der Waals surface area contributed by atoms with E-state index in [0.29, 0.717) is 13.1 Å². The van der Waals surface area contributed by atoms with Crippen molar-refractivity contribution in [1.29, 1.82) is 0 Å². The highest BCUT2D eigenvalue weighted by molar-refractivity contribution is 7.86. The van der Waals surface area contributed by atoms with E-state index in [1.165, 1.54) is 7.11 Å². The second kappa shape index (κ2) is 7.29.